The van der Waals surface area contributed by atoms with Gasteiger partial charge in [-0.3, -0.25) is 14.5 Å². The number of amides is 1. The number of Topliss-reactive ketones (excluding diaryl/α,β-unsaturated/α-hetero) is 1. The molecule has 0 aliphatic carbocycles. The molecule has 6 rings (SSSR count). The van der Waals surface area contributed by atoms with Crippen LogP contribution in [0, 0.1) is 0 Å². The Morgan fingerprint density at radius 3 is 2.22 bits per heavy atom. The maximum Gasteiger partial charge on any atom is 0.416 e. The lowest BCUT2D eigenvalue weighted by Gasteiger charge is -2.34. The highest BCUT2D eigenvalue weighted by atomic mass is 19.4. The number of aromatic nitrogens is 1. The van der Waals surface area contributed by atoms with E-state index in [4.69, 9.17) is 14.2 Å². The van der Waals surface area contributed by atoms with E-state index in [1.165, 1.54) is 11.8 Å². The Balaban J connectivity index is 0.923. The summed E-state index contributed by atoms with van der Waals surface area (Å²) in [5.74, 6) is 1.83. The van der Waals surface area contributed by atoms with Gasteiger partial charge in [0.05, 0.1) is 17.4 Å². The zero-order chi connectivity index (χ0) is 32.1. The zero-order valence-corrected chi connectivity index (χ0v) is 24.8. The first-order valence-corrected chi connectivity index (χ1v) is 14.8. The number of pyridine rings is 1. The Labute approximate surface area is 263 Å². The monoisotopic (exact) mass is 632 g/mol. The Hall–Kier alpha value is -4.94. The summed E-state index contributed by atoms with van der Waals surface area (Å²) in [6, 6.07) is 20.0. The van der Waals surface area contributed by atoms with E-state index >= 15 is 0 Å². The van der Waals surface area contributed by atoms with Crippen molar-refractivity contribution in [3.05, 3.63) is 107 Å². The van der Waals surface area contributed by atoms with E-state index in [0.29, 0.717) is 30.0 Å². The lowest BCUT2D eigenvalue weighted by Crippen LogP contribution is -2.46. The number of benzene rings is 3. The molecule has 0 atom stereocenters. The third-order valence-electron chi connectivity index (χ3n) is 7.83. The number of alkyl halides is 3. The molecule has 0 unspecified atom stereocenters. The maximum absolute atomic E-state index is 12.8. The molecule has 1 aromatic heterocycles. The molecule has 1 saturated heterocycles. The van der Waals surface area contributed by atoms with Crippen LogP contribution >= 0.6 is 0 Å². The number of ether oxygens (including phenoxy) is 3. The van der Waals surface area contributed by atoms with E-state index in [9.17, 15) is 22.8 Å². The van der Waals surface area contributed by atoms with Crippen LogP contribution in [-0.4, -0.2) is 66.0 Å². The molecular formula is C34H31F3N4O5. The normalized spacial score (nSPS) is 15.0. The molecule has 3 aromatic carbocycles. The van der Waals surface area contributed by atoms with Gasteiger partial charge in [-0.2, -0.15) is 13.2 Å². The fourth-order valence-corrected chi connectivity index (χ4v) is 5.23. The van der Waals surface area contributed by atoms with Crippen molar-refractivity contribution in [1.82, 2.24) is 14.8 Å². The van der Waals surface area contributed by atoms with E-state index in [1.807, 2.05) is 12.1 Å². The SMILES string of the molecule is O=C(CCN1CCN(Cc2ccc3c(c2)OCO3)CC1)c1ccc(Oc2ccc(NC(=O)c3ccc(C(F)(F)F)cc3)cn2)cc1. The van der Waals surface area contributed by atoms with Gasteiger partial charge in [0.25, 0.3) is 5.91 Å². The van der Waals surface area contributed by atoms with E-state index in [1.54, 1.807) is 36.4 Å². The molecule has 238 valence electrons. The number of nitrogens with zero attached hydrogens (tertiary/aromatic N) is 3. The van der Waals surface area contributed by atoms with Gasteiger partial charge in [-0.1, -0.05) is 6.07 Å². The Kier molecular flexibility index (Phi) is 9.18. The molecule has 46 heavy (non-hydrogen) atoms. The first-order valence-electron chi connectivity index (χ1n) is 14.8. The molecule has 2 aliphatic heterocycles. The summed E-state index contributed by atoms with van der Waals surface area (Å²) in [6.45, 7) is 5.46. The van der Waals surface area contributed by atoms with Crippen LogP contribution in [-0.2, 0) is 12.7 Å². The Morgan fingerprint density at radius 2 is 1.52 bits per heavy atom. The third kappa shape index (κ3) is 7.82. The third-order valence-corrected chi connectivity index (χ3v) is 7.83. The molecule has 0 saturated carbocycles. The van der Waals surface area contributed by atoms with Gasteiger partial charge in [0.2, 0.25) is 12.7 Å². The molecule has 0 radical (unpaired) electrons. The highest BCUT2D eigenvalue weighted by Gasteiger charge is 2.30. The quantitative estimate of drug-likeness (QED) is 0.205. The summed E-state index contributed by atoms with van der Waals surface area (Å²) in [4.78, 5) is 34.1. The van der Waals surface area contributed by atoms with Crippen molar-refractivity contribution >= 4 is 17.4 Å². The van der Waals surface area contributed by atoms with Crippen molar-refractivity contribution in [3.8, 4) is 23.1 Å². The number of hydrogen-bond donors (Lipinski definition) is 1. The van der Waals surface area contributed by atoms with Crippen LogP contribution in [0.4, 0.5) is 18.9 Å². The Bertz CT molecular complexity index is 1670. The van der Waals surface area contributed by atoms with Gasteiger partial charge >= 0.3 is 6.18 Å². The van der Waals surface area contributed by atoms with Crippen LogP contribution in [0.25, 0.3) is 0 Å². The lowest BCUT2D eigenvalue weighted by molar-refractivity contribution is -0.137. The lowest BCUT2D eigenvalue weighted by atomic mass is 10.1. The summed E-state index contributed by atoms with van der Waals surface area (Å²) >= 11 is 0. The van der Waals surface area contributed by atoms with Crippen molar-refractivity contribution in [2.75, 3.05) is 44.8 Å². The molecule has 1 amide bonds. The van der Waals surface area contributed by atoms with Crippen molar-refractivity contribution < 1.29 is 37.0 Å². The van der Waals surface area contributed by atoms with Crippen LogP contribution in [0.3, 0.4) is 0 Å². The molecule has 2 aliphatic rings. The number of halogens is 3. The summed E-state index contributed by atoms with van der Waals surface area (Å²) < 4.78 is 54.9. The number of ketones is 1. The largest absolute Gasteiger partial charge is 0.454 e. The molecule has 1 N–H and O–H groups in total. The second kappa shape index (κ2) is 13.6. The summed E-state index contributed by atoms with van der Waals surface area (Å²) in [5.41, 5.74) is 1.40. The summed E-state index contributed by atoms with van der Waals surface area (Å²) in [6.07, 6.45) is -2.67. The molecule has 12 heteroatoms. The van der Waals surface area contributed by atoms with Crippen molar-refractivity contribution in [1.29, 1.82) is 0 Å². The van der Waals surface area contributed by atoms with E-state index in [2.05, 4.69) is 26.2 Å². The standard InChI is InChI=1S/C34H31F3N4O5/c35-34(36,37)26-6-2-25(3-7-26)33(43)39-27-8-12-32(38-20-27)46-28-9-4-24(5-10-28)29(42)13-14-40-15-17-41(18-16-40)21-23-1-11-30-31(19-23)45-22-44-30/h1-12,19-20H,13-18,21-22H2,(H,39,43). The molecule has 0 bridgehead atoms. The number of carbonyl (C=O) groups excluding carboxylic acids is 2. The minimum absolute atomic E-state index is 0.0561. The number of hydrogen-bond acceptors (Lipinski definition) is 8. The average molecular weight is 633 g/mol. The second-order valence-corrected chi connectivity index (χ2v) is 11.0. The summed E-state index contributed by atoms with van der Waals surface area (Å²) in [7, 11) is 0. The zero-order valence-electron chi connectivity index (χ0n) is 24.8. The molecule has 9 nitrogen and oxygen atoms in total. The average Bonchev–Trinajstić information content (AvgIpc) is 3.53. The predicted octanol–water partition coefficient (Wildman–Crippen LogP) is 6.26. The van der Waals surface area contributed by atoms with Crippen LogP contribution < -0.4 is 19.5 Å². The highest BCUT2D eigenvalue weighted by molar-refractivity contribution is 6.04. The van der Waals surface area contributed by atoms with Crippen molar-refractivity contribution in [2.45, 2.75) is 19.1 Å². The van der Waals surface area contributed by atoms with E-state index < -0.39 is 17.6 Å². The number of carbonyl (C=O) groups is 2. The fourth-order valence-electron chi connectivity index (χ4n) is 5.23. The second-order valence-electron chi connectivity index (χ2n) is 11.0. The number of rotatable bonds is 10. The number of piperazine rings is 1. The topological polar surface area (TPSA) is 93.2 Å². The van der Waals surface area contributed by atoms with Crippen molar-refractivity contribution in [3.63, 3.8) is 0 Å². The number of anilines is 1. The van der Waals surface area contributed by atoms with Gasteiger partial charge in [0, 0.05) is 62.9 Å². The Morgan fingerprint density at radius 1 is 0.826 bits per heavy atom. The first-order chi connectivity index (χ1) is 22.2. The fraction of sp³-hybridized carbons (Fsp3) is 0.265. The van der Waals surface area contributed by atoms with Gasteiger partial charge < -0.3 is 24.4 Å². The van der Waals surface area contributed by atoms with E-state index in [0.717, 1.165) is 68.5 Å². The minimum Gasteiger partial charge on any atom is -0.454 e. The summed E-state index contributed by atoms with van der Waals surface area (Å²) in [5, 5.41) is 2.59. The van der Waals surface area contributed by atoms with Crippen molar-refractivity contribution in [2.24, 2.45) is 0 Å². The number of nitrogens with one attached hydrogen (secondary N) is 1. The van der Waals surface area contributed by atoms with Crippen LogP contribution in [0.15, 0.2) is 85.1 Å². The predicted molar refractivity (Wildman–Crippen MR) is 163 cm³/mol. The minimum atomic E-state index is -4.47. The molecule has 3 heterocycles. The number of fused-ring (bicyclic) bond motifs is 1. The van der Waals surface area contributed by atoms with Gasteiger partial charge in [0.15, 0.2) is 17.3 Å². The van der Waals surface area contributed by atoms with Gasteiger partial charge in [0.1, 0.15) is 5.75 Å². The van der Waals surface area contributed by atoms with E-state index in [-0.39, 0.29) is 24.0 Å². The van der Waals surface area contributed by atoms with Crippen LogP contribution in [0.2, 0.25) is 0 Å². The smallest absolute Gasteiger partial charge is 0.416 e. The molecular weight excluding hydrogens is 601 g/mol. The molecule has 1 fully saturated rings. The van der Waals surface area contributed by atoms with Gasteiger partial charge in [-0.15, -0.1) is 0 Å². The van der Waals surface area contributed by atoms with Crippen LogP contribution in [0.1, 0.15) is 38.3 Å². The highest BCUT2D eigenvalue weighted by Crippen LogP contribution is 2.33. The first kappa shape index (κ1) is 31.1. The van der Waals surface area contributed by atoms with Gasteiger partial charge in [-0.25, -0.2) is 4.98 Å². The molecule has 0 spiro atoms. The molecule has 4 aromatic rings. The maximum atomic E-state index is 12.8. The van der Waals surface area contributed by atoms with Gasteiger partial charge in [-0.05, 0) is 72.3 Å². The van der Waals surface area contributed by atoms with Crippen LogP contribution in [0.5, 0.6) is 23.1 Å².